The first-order chi connectivity index (χ1) is 11.6. The van der Waals surface area contributed by atoms with E-state index >= 15 is 0 Å². The lowest BCUT2D eigenvalue weighted by molar-refractivity contribution is 0.213. The van der Waals surface area contributed by atoms with Crippen molar-refractivity contribution < 1.29 is 4.79 Å². The first kappa shape index (κ1) is 16.8. The molecule has 128 valence electrons. The molecule has 0 saturated heterocycles. The number of nitrogens with one attached hydrogen (secondary N) is 1. The van der Waals surface area contributed by atoms with Crippen molar-refractivity contribution >= 4 is 23.3 Å². The lowest BCUT2D eigenvalue weighted by Crippen LogP contribution is -2.35. The number of aromatic nitrogens is 2. The topological polar surface area (TPSA) is 50.2 Å². The largest absolute Gasteiger partial charge is 0.325 e. The van der Waals surface area contributed by atoms with Gasteiger partial charge in [-0.3, -0.25) is 4.68 Å². The van der Waals surface area contributed by atoms with Crippen LogP contribution >= 0.6 is 11.6 Å². The molecule has 0 atom stereocenters. The van der Waals surface area contributed by atoms with E-state index in [2.05, 4.69) is 10.4 Å². The van der Waals surface area contributed by atoms with Crippen LogP contribution in [-0.4, -0.2) is 33.8 Å². The Bertz CT molecular complexity index is 679. The van der Waals surface area contributed by atoms with Gasteiger partial charge in [-0.15, -0.1) is 0 Å². The molecule has 3 rings (SSSR count). The summed E-state index contributed by atoms with van der Waals surface area (Å²) in [4.78, 5) is 14.2. The highest BCUT2D eigenvalue weighted by molar-refractivity contribution is 6.30. The fraction of sp³-hybridized carbons (Fsp3) is 0.444. The molecule has 1 aromatic heterocycles. The predicted octanol–water partition coefficient (Wildman–Crippen LogP) is 4.24. The van der Waals surface area contributed by atoms with Crippen molar-refractivity contribution in [2.75, 3.05) is 18.4 Å². The van der Waals surface area contributed by atoms with Gasteiger partial charge in [0.15, 0.2) is 0 Å². The number of nitrogens with zero attached hydrogens (tertiary/aromatic N) is 3. The third-order valence-corrected chi connectivity index (χ3v) is 4.57. The van der Waals surface area contributed by atoms with Crippen molar-refractivity contribution in [3.05, 3.63) is 47.2 Å². The maximum atomic E-state index is 12.3. The van der Waals surface area contributed by atoms with Crippen molar-refractivity contribution in [2.24, 2.45) is 5.92 Å². The summed E-state index contributed by atoms with van der Waals surface area (Å²) in [6.45, 7) is 4.20. The molecule has 2 amide bonds. The SMILES string of the molecule is CCN(CCC1CC1)C(=O)Nc1cnn(Cc2ccc(Cl)cc2)c1. The van der Waals surface area contributed by atoms with Crippen LogP contribution in [0.2, 0.25) is 5.02 Å². The Morgan fingerprint density at radius 2 is 2.12 bits per heavy atom. The van der Waals surface area contributed by atoms with Gasteiger partial charge in [0, 0.05) is 24.3 Å². The molecule has 1 N–H and O–H groups in total. The summed E-state index contributed by atoms with van der Waals surface area (Å²) in [7, 11) is 0. The Morgan fingerprint density at radius 3 is 2.79 bits per heavy atom. The molecule has 6 heteroatoms. The van der Waals surface area contributed by atoms with Gasteiger partial charge < -0.3 is 10.2 Å². The van der Waals surface area contributed by atoms with E-state index in [0.29, 0.717) is 6.54 Å². The first-order valence-corrected chi connectivity index (χ1v) is 8.84. The van der Waals surface area contributed by atoms with Crippen LogP contribution in [0, 0.1) is 5.92 Å². The van der Waals surface area contributed by atoms with Crippen LogP contribution in [0.1, 0.15) is 31.7 Å². The molecule has 0 bridgehead atoms. The Labute approximate surface area is 147 Å². The molecular weight excluding hydrogens is 324 g/mol. The summed E-state index contributed by atoms with van der Waals surface area (Å²) in [6, 6.07) is 7.62. The molecule has 1 aliphatic carbocycles. The zero-order valence-electron chi connectivity index (χ0n) is 13.9. The van der Waals surface area contributed by atoms with Gasteiger partial charge in [-0.2, -0.15) is 5.10 Å². The van der Waals surface area contributed by atoms with Crippen molar-refractivity contribution in [1.29, 1.82) is 0 Å². The fourth-order valence-corrected chi connectivity index (χ4v) is 2.77. The van der Waals surface area contributed by atoms with Crippen molar-refractivity contribution in [2.45, 2.75) is 32.7 Å². The average Bonchev–Trinajstić information content (AvgIpc) is 3.30. The van der Waals surface area contributed by atoms with E-state index in [-0.39, 0.29) is 6.03 Å². The number of halogens is 1. The summed E-state index contributed by atoms with van der Waals surface area (Å²) < 4.78 is 1.80. The minimum atomic E-state index is -0.0517. The van der Waals surface area contributed by atoms with Gasteiger partial charge >= 0.3 is 6.03 Å². The number of anilines is 1. The third-order valence-electron chi connectivity index (χ3n) is 4.32. The van der Waals surface area contributed by atoms with E-state index in [1.54, 1.807) is 10.9 Å². The number of carbonyl (C=O) groups excluding carboxylic acids is 1. The minimum Gasteiger partial charge on any atom is -0.325 e. The smallest absolute Gasteiger partial charge is 0.321 e. The van der Waals surface area contributed by atoms with Gasteiger partial charge in [-0.25, -0.2) is 4.79 Å². The second-order valence-electron chi connectivity index (χ2n) is 6.29. The highest BCUT2D eigenvalue weighted by Crippen LogP contribution is 2.32. The molecule has 1 aliphatic rings. The monoisotopic (exact) mass is 346 g/mol. The van der Waals surface area contributed by atoms with Crippen LogP contribution in [0.3, 0.4) is 0 Å². The van der Waals surface area contributed by atoms with Crippen LogP contribution in [0.25, 0.3) is 0 Å². The van der Waals surface area contributed by atoms with E-state index < -0.39 is 0 Å². The van der Waals surface area contributed by atoms with Crippen LogP contribution in [-0.2, 0) is 6.54 Å². The Balaban J connectivity index is 1.54. The van der Waals surface area contributed by atoms with Gasteiger partial charge in [0.05, 0.1) is 18.4 Å². The van der Waals surface area contributed by atoms with E-state index in [0.717, 1.165) is 41.7 Å². The van der Waals surface area contributed by atoms with E-state index in [1.165, 1.54) is 12.8 Å². The number of urea groups is 1. The van der Waals surface area contributed by atoms with Crippen LogP contribution in [0.15, 0.2) is 36.7 Å². The molecule has 0 unspecified atom stereocenters. The molecule has 2 aromatic rings. The zero-order valence-corrected chi connectivity index (χ0v) is 14.7. The lowest BCUT2D eigenvalue weighted by Gasteiger charge is -2.20. The number of benzene rings is 1. The fourth-order valence-electron chi connectivity index (χ4n) is 2.64. The van der Waals surface area contributed by atoms with Gasteiger partial charge in [-0.1, -0.05) is 36.6 Å². The Hall–Kier alpha value is -2.01. The quantitative estimate of drug-likeness (QED) is 0.815. The molecule has 1 heterocycles. The number of carbonyl (C=O) groups is 1. The first-order valence-electron chi connectivity index (χ1n) is 8.47. The Morgan fingerprint density at radius 1 is 1.38 bits per heavy atom. The third kappa shape index (κ3) is 4.74. The standard InChI is InChI=1S/C18H23ClN4O/c1-2-22(10-9-14-3-4-14)18(24)21-17-11-20-23(13-17)12-15-5-7-16(19)8-6-15/h5-8,11,13-14H,2-4,9-10,12H2,1H3,(H,21,24). The summed E-state index contributed by atoms with van der Waals surface area (Å²) in [5.41, 5.74) is 1.83. The predicted molar refractivity (Wildman–Crippen MR) is 96.4 cm³/mol. The number of hydrogen-bond donors (Lipinski definition) is 1. The van der Waals surface area contributed by atoms with Crippen molar-refractivity contribution in [3.8, 4) is 0 Å². The zero-order chi connectivity index (χ0) is 16.9. The summed E-state index contributed by atoms with van der Waals surface area (Å²) >= 11 is 5.89. The molecule has 1 fully saturated rings. The molecule has 5 nitrogen and oxygen atoms in total. The molecule has 24 heavy (non-hydrogen) atoms. The highest BCUT2D eigenvalue weighted by Gasteiger charge is 2.23. The van der Waals surface area contributed by atoms with E-state index in [4.69, 9.17) is 11.6 Å². The molecule has 0 radical (unpaired) electrons. The van der Waals surface area contributed by atoms with Gasteiger partial charge in [0.2, 0.25) is 0 Å². The molecular formula is C18H23ClN4O. The average molecular weight is 347 g/mol. The van der Waals surface area contributed by atoms with E-state index in [1.807, 2.05) is 42.3 Å². The van der Waals surface area contributed by atoms with Crippen LogP contribution < -0.4 is 5.32 Å². The number of hydrogen-bond acceptors (Lipinski definition) is 2. The van der Waals surface area contributed by atoms with Gasteiger partial charge in [0.25, 0.3) is 0 Å². The van der Waals surface area contributed by atoms with Crippen LogP contribution in [0.5, 0.6) is 0 Å². The molecule has 0 aliphatic heterocycles. The normalized spacial score (nSPS) is 13.8. The molecule has 0 spiro atoms. The second kappa shape index (κ2) is 7.71. The summed E-state index contributed by atoms with van der Waals surface area (Å²) in [6.07, 6.45) is 7.27. The van der Waals surface area contributed by atoms with Gasteiger partial charge in [-0.05, 0) is 37.0 Å². The molecule has 1 aromatic carbocycles. The maximum absolute atomic E-state index is 12.3. The lowest BCUT2D eigenvalue weighted by atomic mass is 10.2. The highest BCUT2D eigenvalue weighted by atomic mass is 35.5. The maximum Gasteiger partial charge on any atom is 0.321 e. The number of amides is 2. The van der Waals surface area contributed by atoms with Crippen molar-refractivity contribution in [1.82, 2.24) is 14.7 Å². The molecule has 1 saturated carbocycles. The van der Waals surface area contributed by atoms with E-state index in [9.17, 15) is 4.79 Å². The second-order valence-corrected chi connectivity index (χ2v) is 6.73. The van der Waals surface area contributed by atoms with Crippen LogP contribution in [0.4, 0.5) is 10.5 Å². The minimum absolute atomic E-state index is 0.0517. The summed E-state index contributed by atoms with van der Waals surface area (Å²) in [5.74, 6) is 0.828. The Kier molecular flexibility index (Phi) is 5.41. The summed E-state index contributed by atoms with van der Waals surface area (Å²) in [5, 5.41) is 7.96. The van der Waals surface area contributed by atoms with Gasteiger partial charge in [0.1, 0.15) is 0 Å². The van der Waals surface area contributed by atoms with Crippen molar-refractivity contribution in [3.63, 3.8) is 0 Å². The number of rotatable bonds is 7.